The third-order valence-corrected chi connectivity index (χ3v) is 5.17. The molecule has 0 radical (unpaired) electrons. The fourth-order valence-corrected chi connectivity index (χ4v) is 3.44. The number of hydrogen-bond acceptors (Lipinski definition) is 4. The lowest BCUT2D eigenvalue weighted by molar-refractivity contribution is 0.0916. The number of pyridine rings is 1. The molecule has 7 nitrogen and oxygen atoms in total. The predicted octanol–water partition coefficient (Wildman–Crippen LogP) is 3.23. The molecular formula is C23H21FN4O3. The first-order chi connectivity index (χ1) is 15.0. The Balaban J connectivity index is 1.36. The van der Waals surface area contributed by atoms with Gasteiger partial charge in [0.25, 0.3) is 5.91 Å². The molecule has 4 rings (SSSR count). The summed E-state index contributed by atoms with van der Waals surface area (Å²) in [6, 6.07) is 13.1. The number of anilines is 1. The second-order valence-electron chi connectivity index (χ2n) is 7.27. The summed E-state index contributed by atoms with van der Waals surface area (Å²) in [5, 5.41) is 15.1. The van der Waals surface area contributed by atoms with Gasteiger partial charge in [-0.15, -0.1) is 0 Å². The summed E-state index contributed by atoms with van der Waals surface area (Å²) < 4.78 is 13.1. The lowest BCUT2D eigenvalue weighted by Gasteiger charge is -2.18. The van der Waals surface area contributed by atoms with Crippen LogP contribution in [0.5, 0.6) is 0 Å². The van der Waals surface area contributed by atoms with Gasteiger partial charge < -0.3 is 20.6 Å². The quantitative estimate of drug-likeness (QED) is 0.591. The third kappa shape index (κ3) is 4.70. The number of halogens is 1. The number of amides is 3. The van der Waals surface area contributed by atoms with E-state index in [9.17, 15) is 19.1 Å². The van der Waals surface area contributed by atoms with Gasteiger partial charge in [-0.25, -0.2) is 9.18 Å². The normalized spacial score (nSPS) is 13.4. The number of nitrogens with one attached hydrogen (secondary N) is 2. The number of carbonyl (C=O) groups is 2. The number of nitrogens with zero attached hydrogens (tertiary/aromatic N) is 2. The van der Waals surface area contributed by atoms with Crippen molar-refractivity contribution in [3.8, 4) is 0 Å². The second kappa shape index (κ2) is 8.93. The number of urea groups is 1. The summed E-state index contributed by atoms with van der Waals surface area (Å²) in [5.74, 6) is -0.775. The summed E-state index contributed by atoms with van der Waals surface area (Å²) in [4.78, 5) is 30.8. The van der Waals surface area contributed by atoms with Crippen LogP contribution in [-0.2, 0) is 13.1 Å². The first-order valence-corrected chi connectivity index (χ1v) is 9.78. The Kier molecular flexibility index (Phi) is 5.90. The van der Waals surface area contributed by atoms with Gasteiger partial charge in [0.05, 0.1) is 12.6 Å². The summed E-state index contributed by atoms with van der Waals surface area (Å²) in [6.07, 6.45) is 3.48. The number of fused-ring (bicyclic) bond motifs is 1. The first kappa shape index (κ1) is 20.5. The van der Waals surface area contributed by atoms with E-state index in [1.165, 1.54) is 24.3 Å². The van der Waals surface area contributed by atoms with E-state index in [0.29, 0.717) is 29.9 Å². The molecule has 158 valence electrons. The van der Waals surface area contributed by atoms with E-state index in [-0.39, 0.29) is 24.4 Å². The minimum atomic E-state index is -0.654. The largest absolute Gasteiger partial charge is 0.394 e. The van der Waals surface area contributed by atoms with Crippen molar-refractivity contribution in [2.75, 3.05) is 11.9 Å². The molecule has 31 heavy (non-hydrogen) atoms. The molecular weight excluding hydrogens is 399 g/mol. The maximum absolute atomic E-state index is 13.1. The molecule has 1 aliphatic heterocycles. The summed E-state index contributed by atoms with van der Waals surface area (Å²) >= 11 is 0. The number of aliphatic hydroxyl groups is 1. The van der Waals surface area contributed by atoms with Gasteiger partial charge in [0.15, 0.2) is 0 Å². The highest BCUT2D eigenvalue weighted by Gasteiger charge is 2.23. The molecule has 1 aromatic heterocycles. The zero-order valence-corrected chi connectivity index (χ0v) is 16.6. The third-order valence-electron chi connectivity index (χ3n) is 5.17. The lowest BCUT2D eigenvalue weighted by atomic mass is 10.1. The van der Waals surface area contributed by atoms with Gasteiger partial charge in [-0.1, -0.05) is 12.1 Å². The SMILES string of the molecule is O=C(N[C@H](CO)c1ccc(F)cc1)c1ccc(NC(=O)N2Cc3ccncc3C2)cc1. The molecule has 0 unspecified atom stereocenters. The minimum Gasteiger partial charge on any atom is -0.394 e. The maximum atomic E-state index is 13.1. The highest BCUT2D eigenvalue weighted by molar-refractivity contribution is 5.95. The second-order valence-corrected chi connectivity index (χ2v) is 7.27. The van der Waals surface area contributed by atoms with Gasteiger partial charge in [-0.2, -0.15) is 0 Å². The van der Waals surface area contributed by atoms with Crippen molar-refractivity contribution in [2.24, 2.45) is 0 Å². The Morgan fingerprint density at radius 2 is 1.74 bits per heavy atom. The van der Waals surface area contributed by atoms with Crippen LogP contribution in [0.3, 0.4) is 0 Å². The van der Waals surface area contributed by atoms with Crippen molar-refractivity contribution in [3.63, 3.8) is 0 Å². The van der Waals surface area contributed by atoms with Gasteiger partial charge in [0.2, 0.25) is 0 Å². The summed E-state index contributed by atoms with van der Waals surface area (Å²) in [6.45, 7) is 0.705. The van der Waals surface area contributed by atoms with Crippen LogP contribution < -0.4 is 10.6 Å². The van der Waals surface area contributed by atoms with Crippen molar-refractivity contribution in [1.29, 1.82) is 0 Å². The molecule has 8 heteroatoms. The van der Waals surface area contributed by atoms with Crippen LogP contribution in [0.25, 0.3) is 0 Å². The number of benzene rings is 2. The number of rotatable bonds is 5. The van der Waals surface area contributed by atoms with Crippen LogP contribution in [0.4, 0.5) is 14.9 Å². The molecule has 0 fully saturated rings. The molecule has 3 amide bonds. The Morgan fingerprint density at radius 3 is 2.42 bits per heavy atom. The van der Waals surface area contributed by atoms with E-state index in [4.69, 9.17) is 0 Å². The Labute approximate surface area is 178 Å². The molecule has 0 bridgehead atoms. The average Bonchev–Trinajstić information content (AvgIpc) is 3.23. The van der Waals surface area contributed by atoms with E-state index in [0.717, 1.165) is 11.1 Å². The first-order valence-electron chi connectivity index (χ1n) is 9.78. The summed E-state index contributed by atoms with van der Waals surface area (Å²) in [7, 11) is 0. The van der Waals surface area contributed by atoms with E-state index < -0.39 is 6.04 Å². The minimum absolute atomic E-state index is 0.231. The zero-order chi connectivity index (χ0) is 21.8. The van der Waals surface area contributed by atoms with Gasteiger partial charge in [0, 0.05) is 36.7 Å². The molecule has 3 N–H and O–H groups in total. The molecule has 0 spiro atoms. The van der Waals surface area contributed by atoms with Gasteiger partial charge in [-0.3, -0.25) is 9.78 Å². The fourth-order valence-electron chi connectivity index (χ4n) is 3.44. The van der Waals surface area contributed by atoms with Gasteiger partial charge in [0.1, 0.15) is 5.82 Å². The van der Waals surface area contributed by atoms with Crippen molar-refractivity contribution in [2.45, 2.75) is 19.1 Å². The molecule has 3 aromatic rings. The maximum Gasteiger partial charge on any atom is 0.322 e. The number of hydrogen-bond donors (Lipinski definition) is 3. The van der Waals surface area contributed by atoms with Crippen LogP contribution in [-0.4, -0.2) is 33.5 Å². The molecule has 1 aliphatic rings. The Bertz CT molecular complexity index is 1060. The van der Waals surface area contributed by atoms with Crippen LogP contribution in [0.2, 0.25) is 0 Å². The topological polar surface area (TPSA) is 94.6 Å². The van der Waals surface area contributed by atoms with Crippen LogP contribution in [0, 0.1) is 5.82 Å². The highest BCUT2D eigenvalue weighted by Crippen LogP contribution is 2.22. The molecule has 1 atom stereocenters. The molecule has 2 aromatic carbocycles. The van der Waals surface area contributed by atoms with Crippen molar-refractivity contribution < 1.29 is 19.1 Å². The van der Waals surface area contributed by atoms with E-state index in [1.54, 1.807) is 41.6 Å². The summed E-state index contributed by atoms with van der Waals surface area (Å²) in [5.41, 5.74) is 3.65. The lowest BCUT2D eigenvalue weighted by Crippen LogP contribution is -2.31. The fraction of sp³-hybridized carbons (Fsp3) is 0.174. The Morgan fingerprint density at radius 1 is 1.03 bits per heavy atom. The molecule has 0 saturated heterocycles. The van der Waals surface area contributed by atoms with Crippen molar-refractivity contribution in [1.82, 2.24) is 15.2 Å². The number of aliphatic hydroxyl groups excluding tert-OH is 1. The number of aromatic nitrogens is 1. The monoisotopic (exact) mass is 420 g/mol. The zero-order valence-electron chi connectivity index (χ0n) is 16.6. The van der Waals surface area contributed by atoms with Crippen molar-refractivity contribution >= 4 is 17.6 Å². The highest BCUT2D eigenvalue weighted by atomic mass is 19.1. The van der Waals surface area contributed by atoms with Crippen molar-refractivity contribution in [3.05, 3.63) is 95.1 Å². The average molecular weight is 420 g/mol. The van der Waals surface area contributed by atoms with E-state index >= 15 is 0 Å². The van der Waals surface area contributed by atoms with Gasteiger partial charge in [-0.05, 0) is 59.2 Å². The molecule has 2 heterocycles. The standard InChI is InChI=1S/C23H21FN4O3/c24-19-5-1-15(2-6-19)21(14-29)27-22(30)16-3-7-20(8-4-16)26-23(31)28-12-17-9-10-25-11-18(17)13-28/h1-11,21,29H,12-14H2,(H,26,31)(H,27,30)/t21-/m1/s1. The van der Waals surface area contributed by atoms with E-state index in [2.05, 4.69) is 15.6 Å². The predicted molar refractivity (Wildman–Crippen MR) is 113 cm³/mol. The van der Waals surface area contributed by atoms with Gasteiger partial charge >= 0.3 is 6.03 Å². The molecule has 0 saturated carbocycles. The molecule has 0 aliphatic carbocycles. The van der Waals surface area contributed by atoms with Crippen LogP contribution >= 0.6 is 0 Å². The Hall–Kier alpha value is -3.78. The van der Waals surface area contributed by atoms with Crippen LogP contribution in [0.1, 0.15) is 33.1 Å². The van der Waals surface area contributed by atoms with Crippen LogP contribution in [0.15, 0.2) is 67.0 Å². The van der Waals surface area contributed by atoms with E-state index in [1.807, 2.05) is 6.07 Å². The number of carbonyl (C=O) groups excluding carboxylic acids is 2. The smallest absolute Gasteiger partial charge is 0.322 e.